The predicted molar refractivity (Wildman–Crippen MR) is 184 cm³/mol. The number of hydrogen-bond donors (Lipinski definition) is 12. The van der Waals surface area contributed by atoms with E-state index >= 15 is 0 Å². The highest BCUT2D eigenvalue weighted by Gasteiger charge is 2.39. The van der Waals surface area contributed by atoms with Crippen molar-refractivity contribution in [2.45, 2.75) is 53.5 Å². The molecule has 1 heterocycles. The number of imidazole rings is 1. The number of benzene rings is 3. The van der Waals surface area contributed by atoms with Crippen molar-refractivity contribution in [1.82, 2.24) is 24.6 Å². The lowest BCUT2D eigenvalue weighted by atomic mass is 9.80. The van der Waals surface area contributed by atoms with Crippen LogP contribution >= 0.6 is 0 Å². The number of nitrogen functional groups attached to an aromatic ring is 1. The van der Waals surface area contributed by atoms with Gasteiger partial charge in [0.15, 0.2) is 0 Å². The van der Waals surface area contributed by atoms with Crippen LogP contribution in [0.2, 0.25) is 0 Å². The van der Waals surface area contributed by atoms with Gasteiger partial charge in [-0.25, -0.2) is 21.8 Å². The summed E-state index contributed by atoms with van der Waals surface area (Å²) in [7, 11) is -8.35. The van der Waals surface area contributed by atoms with E-state index in [1.54, 1.807) is 0 Å². The number of hydrogen-bond acceptors (Lipinski definition) is 14. The Morgan fingerprint density at radius 1 is 0.923 bits per heavy atom. The Hall–Kier alpha value is -4.39. The number of amidine groups is 1. The molecule has 1 amide bonds. The number of H-pyrrole nitrogens is 1. The number of nitrogens with two attached hydrogens (primary N) is 1. The summed E-state index contributed by atoms with van der Waals surface area (Å²) in [5.41, 5.74) is 4.00. The minimum atomic E-state index is -4.93. The van der Waals surface area contributed by atoms with E-state index in [-0.39, 0.29) is 39.4 Å². The minimum absolute atomic E-state index is 0.0473. The van der Waals surface area contributed by atoms with Crippen LogP contribution in [0, 0.1) is 5.41 Å². The molecule has 19 nitrogen and oxygen atoms in total. The van der Waals surface area contributed by atoms with E-state index in [2.05, 4.69) is 9.97 Å². The zero-order valence-corrected chi connectivity index (χ0v) is 29.5. The van der Waals surface area contributed by atoms with E-state index in [1.807, 2.05) is 0 Å². The van der Waals surface area contributed by atoms with Crippen LogP contribution in [0.25, 0.3) is 33.5 Å². The molecule has 13 N–H and O–H groups in total. The smallest absolute Gasteiger partial charge is 0.263 e. The van der Waals surface area contributed by atoms with Gasteiger partial charge in [-0.05, 0) is 55.8 Å². The molecule has 21 heteroatoms. The number of aromatic amines is 1. The summed E-state index contributed by atoms with van der Waals surface area (Å²) >= 11 is 0. The van der Waals surface area contributed by atoms with Crippen molar-refractivity contribution in [3.63, 3.8) is 0 Å². The maximum Gasteiger partial charge on any atom is 0.263 e. The number of likely N-dealkylation sites (N-methyl/N-ethyl adjacent to an activating group) is 1. The molecule has 0 fully saturated rings. The molecule has 0 spiro atoms. The van der Waals surface area contributed by atoms with Crippen LogP contribution in [0.15, 0.2) is 64.4 Å². The van der Waals surface area contributed by atoms with Crippen LogP contribution in [0.1, 0.15) is 25.0 Å². The highest BCUT2D eigenvalue weighted by Crippen LogP contribution is 2.42. The van der Waals surface area contributed by atoms with Crippen molar-refractivity contribution in [1.29, 1.82) is 5.41 Å². The monoisotopic (exact) mass is 765 g/mol. The molecule has 3 aromatic carbocycles. The summed E-state index contributed by atoms with van der Waals surface area (Å²) in [5, 5.41) is 76.9. The molecule has 4 unspecified atom stereocenters. The second-order valence-corrected chi connectivity index (χ2v) is 15.7. The fraction of sp³-hybridized carbons (Fsp3) is 0.323. The van der Waals surface area contributed by atoms with Gasteiger partial charge in [-0.1, -0.05) is 28.0 Å². The largest absolute Gasteiger partial charge is 0.394 e. The van der Waals surface area contributed by atoms with Gasteiger partial charge in [0.05, 0.1) is 28.0 Å². The van der Waals surface area contributed by atoms with Crippen LogP contribution in [0.4, 0.5) is 0 Å². The van der Waals surface area contributed by atoms with Crippen molar-refractivity contribution in [2.75, 3.05) is 20.2 Å². The third-order valence-corrected chi connectivity index (χ3v) is 10.9. The van der Waals surface area contributed by atoms with Crippen molar-refractivity contribution >= 4 is 42.8 Å². The summed E-state index contributed by atoms with van der Waals surface area (Å²) in [6, 6.07) is 11.9. The molecule has 52 heavy (non-hydrogen) atoms. The van der Waals surface area contributed by atoms with Gasteiger partial charge in [-0.2, -0.15) is 0 Å². The van der Waals surface area contributed by atoms with E-state index < -0.39 is 78.7 Å². The molecule has 0 aliphatic rings. The normalized spacial score (nSPS) is 14.9. The first-order valence-corrected chi connectivity index (χ1v) is 18.2. The lowest BCUT2D eigenvalue weighted by Gasteiger charge is -2.34. The lowest BCUT2D eigenvalue weighted by Crippen LogP contribution is -2.51. The number of carbonyl (C=O) groups is 1. The zero-order chi connectivity index (χ0) is 38.9. The third-order valence-electron chi connectivity index (χ3n) is 8.50. The zero-order valence-electron chi connectivity index (χ0n) is 27.9. The van der Waals surface area contributed by atoms with Crippen LogP contribution < -0.4 is 15.5 Å². The number of aliphatic hydroxyl groups excluding tert-OH is 5. The first-order chi connectivity index (χ1) is 24.2. The number of rotatable bonds is 15. The van der Waals surface area contributed by atoms with E-state index in [9.17, 15) is 52.5 Å². The lowest BCUT2D eigenvalue weighted by molar-refractivity contribution is -0.142. The maximum atomic E-state index is 14.0. The molecule has 0 saturated heterocycles. The second-order valence-electron chi connectivity index (χ2n) is 12.4. The Morgan fingerprint density at radius 3 is 2.12 bits per heavy atom. The van der Waals surface area contributed by atoms with Crippen molar-refractivity contribution in [3.8, 4) is 22.5 Å². The number of nitrogens with zero attached hydrogens (tertiary/aromatic N) is 2. The average Bonchev–Trinajstić information content (AvgIpc) is 3.56. The number of amides is 1. The van der Waals surface area contributed by atoms with Gasteiger partial charge in [0, 0.05) is 35.8 Å². The van der Waals surface area contributed by atoms with Crippen LogP contribution in [0.3, 0.4) is 0 Å². The molecule has 0 bridgehead atoms. The van der Waals surface area contributed by atoms with Gasteiger partial charge in [-0.15, -0.1) is 0 Å². The second kappa shape index (κ2) is 15.3. The number of sulfonamides is 2. The first-order valence-electron chi connectivity index (χ1n) is 15.2. The number of aromatic nitrogens is 2. The molecule has 4 atom stereocenters. The summed E-state index contributed by atoms with van der Waals surface area (Å²) in [5.74, 6) is -1.15. The van der Waals surface area contributed by atoms with Crippen molar-refractivity contribution in [2.24, 2.45) is 5.73 Å². The maximum absolute atomic E-state index is 14.0. The minimum Gasteiger partial charge on any atom is -0.394 e. The Morgan fingerprint density at radius 2 is 1.52 bits per heavy atom. The van der Waals surface area contributed by atoms with Gasteiger partial charge in [0.1, 0.15) is 41.0 Å². The van der Waals surface area contributed by atoms with Crippen LogP contribution in [0.5, 0.6) is 0 Å². The molecular weight excluding hydrogens is 727 g/mol. The van der Waals surface area contributed by atoms with Gasteiger partial charge in [0.2, 0.25) is 5.91 Å². The average molecular weight is 766 g/mol. The molecule has 4 aromatic rings. The van der Waals surface area contributed by atoms with Gasteiger partial charge in [-0.3, -0.25) is 10.2 Å². The van der Waals surface area contributed by atoms with Crippen LogP contribution in [-0.4, -0.2) is 124 Å². The molecule has 1 aromatic heterocycles. The van der Waals surface area contributed by atoms with Gasteiger partial charge in [0.25, 0.3) is 20.0 Å². The van der Waals surface area contributed by atoms with Crippen molar-refractivity contribution < 1.29 is 57.6 Å². The SMILES string of the molecule is CN(CC(O)C(O)C(O)C(O)CO)C(=O)C(C)(C)c1cc(-c2nc3ccc(C(=N)N)cc3[nH]2)c(S(=O)(=O)NO)c(-c2ccccc2S(=O)(=O)NO)c1. The quantitative estimate of drug-likeness (QED) is 0.0380. The number of aliphatic hydroxyl groups is 5. The van der Waals surface area contributed by atoms with Gasteiger partial charge < -0.3 is 51.6 Å². The Balaban J connectivity index is 2.02. The molecule has 282 valence electrons. The Bertz CT molecular complexity index is 2210. The molecule has 0 aliphatic carbocycles. The molecule has 0 aliphatic heterocycles. The summed E-state index contributed by atoms with van der Waals surface area (Å²) in [6.07, 6.45) is -7.54. The summed E-state index contributed by atoms with van der Waals surface area (Å²) in [4.78, 5) is 23.6. The Labute approximate surface area is 297 Å². The standard InChI is InChI=1S/C31H39N7O12S2/c1-31(2,30(44)38(3)13-22(40)25(42)26(43)23(41)14-39)16-11-18(17-6-4-5-7-24(17)51(47,48)36-45)27(52(49,50)37-46)19(12-16)29-34-20-9-8-15(28(32)33)10-21(20)35-29/h4-12,22-23,25-26,36-37,39-43,45-46H,13-14H2,1-3H3,(H3,32,33)(H,34,35). The fourth-order valence-electron chi connectivity index (χ4n) is 5.61. The van der Waals surface area contributed by atoms with E-state index in [1.165, 1.54) is 79.2 Å². The Kier molecular flexibility index (Phi) is 11.9. The molecule has 4 rings (SSSR count). The fourth-order valence-corrected chi connectivity index (χ4v) is 7.43. The van der Waals surface area contributed by atoms with Gasteiger partial charge >= 0.3 is 0 Å². The first kappa shape index (κ1) is 40.4. The molecule has 0 radical (unpaired) electrons. The topological polar surface area (TPSA) is 333 Å². The molecular formula is C31H39N7O12S2. The summed E-state index contributed by atoms with van der Waals surface area (Å²) < 4.78 is 53.2. The predicted octanol–water partition coefficient (Wildman–Crippen LogP) is -1.31. The highest BCUT2D eigenvalue weighted by molar-refractivity contribution is 7.90. The van der Waals surface area contributed by atoms with Crippen molar-refractivity contribution in [3.05, 3.63) is 65.7 Å². The molecule has 0 saturated carbocycles. The number of fused-ring (bicyclic) bond motifs is 1. The number of carbonyl (C=O) groups excluding carboxylic acids is 1. The van der Waals surface area contributed by atoms with E-state index in [0.29, 0.717) is 11.1 Å². The highest BCUT2D eigenvalue weighted by atomic mass is 32.2. The summed E-state index contributed by atoms with van der Waals surface area (Å²) in [6.45, 7) is 1.34. The van der Waals surface area contributed by atoms with Crippen LogP contribution in [-0.2, 0) is 30.3 Å². The van der Waals surface area contributed by atoms with E-state index in [0.717, 1.165) is 11.0 Å². The van der Waals surface area contributed by atoms with E-state index in [4.69, 9.17) is 16.2 Å². The number of nitrogens with one attached hydrogen (secondary N) is 4. The third kappa shape index (κ3) is 7.84.